The second-order valence-corrected chi connectivity index (χ2v) is 0.880. The number of hydrogen-bond donors (Lipinski definition) is 1. The summed E-state index contributed by atoms with van der Waals surface area (Å²) in [4.78, 5) is 9.23. The van der Waals surface area contributed by atoms with Crippen LogP contribution in [0.2, 0.25) is 0 Å². The van der Waals surface area contributed by atoms with Crippen LogP contribution in [0, 0.1) is 0 Å². The molecule has 0 aromatic heterocycles. The van der Waals surface area contributed by atoms with Crippen LogP contribution in [-0.2, 0) is 4.79 Å². The van der Waals surface area contributed by atoms with E-state index in [2.05, 4.69) is 0 Å². The van der Waals surface area contributed by atoms with Gasteiger partial charge in [-0.05, 0) is 0 Å². The quantitative estimate of drug-likeness (QED) is 0.418. The standard InChI is InChI=1S/C3HF3O2.Li.H/c4-1(2(5)6)3(7)8;;/h(H,7,8);;. The Morgan fingerprint density at radius 2 is 1.56 bits per heavy atom. The van der Waals surface area contributed by atoms with Crippen molar-refractivity contribution < 1.29 is 23.1 Å². The molecule has 0 atom stereocenters. The van der Waals surface area contributed by atoms with Gasteiger partial charge < -0.3 is 5.11 Å². The number of carbonyl (C=O) groups is 1. The van der Waals surface area contributed by atoms with E-state index in [1.165, 1.54) is 0 Å². The Kier molecular flexibility index (Phi) is 5.67. The molecule has 9 heavy (non-hydrogen) atoms. The molecule has 0 radical (unpaired) electrons. The molecule has 0 aliphatic heterocycles. The summed E-state index contributed by atoms with van der Waals surface area (Å²) < 4.78 is 32.8. The summed E-state index contributed by atoms with van der Waals surface area (Å²) in [6.07, 6.45) is -2.81. The van der Waals surface area contributed by atoms with Crippen LogP contribution in [0.5, 0.6) is 0 Å². The van der Waals surface area contributed by atoms with Crippen molar-refractivity contribution in [2.75, 3.05) is 0 Å². The first-order valence-electron chi connectivity index (χ1n) is 1.49. The predicted molar refractivity (Wildman–Crippen MR) is 25.1 cm³/mol. The fraction of sp³-hybridized carbons (Fsp3) is 0. The van der Waals surface area contributed by atoms with Gasteiger partial charge in [-0.15, -0.1) is 0 Å². The zero-order chi connectivity index (χ0) is 6.73. The van der Waals surface area contributed by atoms with E-state index in [4.69, 9.17) is 5.11 Å². The van der Waals surface area contributed by atoms with E-state index in [-0.39, 0.29) is 18.9 Å². The third-order valence-electron chi connectivity index (χ3n) is 0.354. The van der Waals surface area contributed by atoms with Crippen LogP contribution in [0.4, 0.5) is 13.2 Å². The molecule has 0 aliphatic rings. The van der Waals surface area contributed by atoms with E-state index < -0.39 is 17.9 Å². The van der Waals surface area contributed by atoms with Crippen LogP contribution >= 0.6 is 0 Å². The fourth-order valence-electron chi connectivity index (χ4n) is 0.0808. The molecule has 48 valence electrons. The van der Waals surface area contributed by atoms with E-state index in [0.29, 0.717) is 0 Å². The summed E-state index contributed by atoms with van der Waals surface area (Å²) in [7, 11) is 0. The van der Waals surface area contributed by atoms with E-state index >= 15 is 0 Å². The molecule has 0 fully saturated rings. The van der Waals surface area contributed by atoms with Crippen molar-refractivity contribution in [1.29, 1.82) is 0 Å². The first-order chi connectivity index (χ1) is 3.55. The second kappa shape index (κ2) is 4.47. The monoisotopic (exact) mass is 134 g/mol. The number of carboxylic acids is 1. The molecule has 0 unspecified atom stereocenters. The molecular weight excluding hydrogens is 132 g/mol. The molecule has 1 N–H and O–H groups in total. The van der Waals surface area contributed by atoms with Crippen LogP contribution in [0.25, 0.3) is 0 Å². The minimum absolute atomic E-state index is 0. The maximum atomic E-state index is 11.2. The topological polar surface area (TPSA) is 37.3 Å². The van der Waals surface area contributed by atoms with Crippen LogP contribution in [-0.4, -0.2) is 29.9 Å². The Morgan fingerprint density at radius 3 is 1.56 bits per heavy atom. The number of carboxylic acid groups (broad SMARTS) is 1. The normalized spacial score (nSPS) is 7.44. The third-order valence-corrected chi connectivity index (χ3v) is 0.354. The van der Waals surface area contributed by atoms with Gasteiger partial charge in [0.1, 0.15) is 0 Å². The van der Waals surface area contributed by atoms with Crippen LogP contribution in [0.15, 0.2) is 11.9 Å². The van der Waals surface area contributed by atoms with Crippen LogP contribution < -0.4 is 0 Å². The minimum atomic E-state index is -2.81. The van der Waals surface area contributed by atoms with Crippen molar-refractivity contribution in [1.82, 2.24) is 0 Å². The van der Waals surface area contributed by atoms with Crippen molar-refractivity contribution in [2.45, 2.75) is 0 Å². The Balaban J connectivity index is 0. The van der Waals surface area contributed by atoms with E-state index in [1.807, 2.05) is 0 Å². The number of aliphatic carboxylic acids is 1. The molecule has 0 aromatic carbocycles. The van der Waals surface area contributed by atoms with Gasteiger partial charge in [0.25, 0.3) is 5.83 Å². The summed E-state index contributed by atoms with van der Waals surface area (Å²) in [6.45, 7) is 0. The second-order valence-electron chi connectivity index (χ2n) is 0.880. The van der Waals surface area contributed by atoms with Crippen molar-refractivity contribution in [2.24, 2.45) is 0 Å². The van der Waals surface area contributed by atoms with Crippen molar-refractivity contribution >= 4 is 24.8 Å². The zero-order valence-corrected chi connectivity index (χ0v) is 3.49. The van der Waals surface area contributed by atoms with Crippen molar-refractivity contribution in [3.63, 3.8) is 0 Å². The Morgan fingerprint density at radius 1 is 1.22 bits per heavy atom. The number of hydrogen-bond acceptors (Lipinski definition) is 1. The summed E-state index contributed by atoms with van der Waals surface area (Å²) in [5.41, 5.74) is 0. The van der Waals surface area contributed by atoms with Gasteiger partial charge in [0.2, 0.25) is 0 Å². The molecule has 0 rings (SSSR count). The van der Waals surface area contributed by atoms with Gasteiger partial charge in [0.15, 0.2) is 0 Å². The molecule has 0 heterocycles. The van der Waals surface area contributed by atoms with Gasteiger partial charge in [-0.2, -0.15) is 13.2 Å². The zero-order valence-electron chi connectivity index (χ0n) is 3.49. The molecule has 0 saturated carbocycles. The average Bonchev–Trinajstić information content (AvgIpc) is 1.64. The van der Waals surface area contributed by atoms with Crippen molar-refractivity contribution in [3.8, 4) is 0 Å². The molecular formula is C3H2F3LiO2. The van der Waals surface area contributed by atoms with Crippen LogP contribution in [0.1, 0.15) is 0 Å². The molecule has 0 bridgehead atoms. The Bertz CT molecular complexity index is 140. The summed E-state index contributed by atoms with van der Waals surface area (Å²) >= 11 is 0. The number of rotatable bonds is 1. The molecule has 0 aliphatic carbocycles. The van der Waals surface area contributed by atoms with Gasteiger partial charge in [0, 0.05) is 0 Å². The summed E-state index contributed by atoms with van der Waals surface area (Å²) in [6, 6.07) is 0. The molecule has 0 saturated heterocycles. The Labute approximate surface area is 60.5 Å². The summed E-state index contributed by atoms with van der Waals surface area (Å²) in [5.74, 6) is -4.64. The molecule has 0 spiro atoms. The predicted octanol–water partition coefficient (Wildman–Crippen LogP) is 0.500. The molecule has 2 nitrogen and oxygen atoms in total. The number of halogens is 3. The first kappa shape index (κ1) is 11.4. The van der Waals surface area contributed by atoms with Gasteiger partial charge in [-0.1, -0.05) is 0 Å². The Hall–Kier alpha value is -0.403. The van der Waals surface area contributed by atoms with Gasteiger partial charge in [0.05, 0.1) is 0 Å². The molecule has 0 amide bonds. The van der Waals surface area contributed by atoms with Gasteiger partial charge in [-0.25, -0.2) is 4.79 Å². The SMILES string of the molecule is O=C(O)C(F)=C(F)F.[LiH]. The molecule has 6 heteroatoms. The fourth-order valence-corrected chi connectivity index (χ4v) is 0.0808. The van der Waals surface area contributed by atoms with E-state index in [9.17, 15) is 18.0 Å². The van der Waals surface area contributed by atoms with Gasteiger partial charge >= 0.3 is 30.9 Å². The van der Waals surface area contributed by atoms with Crippen LogP contribution in [0.3, 0.4) is 0 Å². The summed E-state index contributed by atoms with van der Waals surface area (Å²) in [5, 5.41) is 7.44. The van der Waals surface area contributed by atoms with E-state index in [1.54, 1.807) is 0 Å². The average molecular weight is 134 g/mol. The van der Waals surface area contributed by atoms with Gasteiger partial charge in [-0.3, -0.25) is 0 Å². The molecule has 0 aromatic rings. The van der Waals surface area contributed by atoms with E-state index in [0.717, 1.165) is 0 Å². The van der Waals surface area contributed by atoms with Crippen molar-refractivity contribution in [3.05, 3.63) is 11.9 Å². The third kappa shape index (κ3) is 4.12. The first-order valence-corrected chi connectivity index (χ1v) is 1.49. The maximum absolute atomic E-state index is 11.2.